The summed E-state index contributed by atoms with van der Waals surface area (Å²) in [5.74, 6) is -0.870. The number of aromatic hydroxyl groups is 1. The number of alkyl halides is 3. The maximum absolute atomic E-state index is 12.9. The third kappa shape index (κ3) is 5.72. The number of rotatable bonds is 7. The fourth-order valence-corrected chi connectivity index (χ4v) is 2.49. The first kappa shape index (κ1) is 22.7. The van der Waals surface area contributed by atoms with Crippen LogP contribution in [0.3, 0.4) is 0 Å². The van der Waals surface area contributed by atoms with Crippen molar-refractivity contribution in [3.8, 4) is 5.75 Å². The van der Waals surface area contributed by atoms with Gasteiger partial charge in [0.1, 0.15) is 19.5 Å². The molecule has 1 N–H and O–H groups in total. The lowest BCUT2D eigenvalue weighted by Gasteiger charge is -2.11. The summed E-state index contributed by atoms with van der Waals surface area (Å²) in [5.41, 5.74) is 0.0874. The predicted molar refractivity (Wildman–Crippen MR) is 102 cm³/mol. The van der Waals surface area contributed by atoms with Crippen molar-refractivity contribution in [2.45, 2.75) is 19.7 Å². The highest BCUT2D eigenvalue weighted by molar-refractivity contribution is 6.43. The van der Waals surface area contributed by atoms with Crippen molar-refractivity contribution in [1.29, 1.82) is 0 Å². The number of hydrogen-bond donors (Lipinski definition) is 1. The summed E-state index contributed by atoms with van der Waals surface area (Å²) in [6.45, 7) is 1.28. The number of oxime groups is 2. The molecule has 2 aromatic carbocycles. The first-order chi connectivity index (χ1) is 14.2. The third-order valence-electron chi connectivity index (χ3n) is 3.93. The molecule has 0 atom stereocenters. The van der Waals surface area contributed by atoms with E-state index < -0.39 is 17.7 Å². The summed E-state index contributed by atoms with van der Waals surface area (Å²) in [7, 11) is 2.43. The lowest BCUT2D eigenvalue weighted by Crippen LogP contribution is -2.19. The minimum atomic E-state index is -4.47. The Kier molecular flexibility index (Phi) is 7.40. The molecule has 30 heavy (non-hydrogen) atoms. The second kappa shape index (κ2) is 9.77. The zero-order valence-corrected chi connectivity index (χ0v) is 16.4. The van der Waals surface area contributed by atoms with Crippen LogP contribution >= 0.6 is 0 Å². The Balaban J connectivity index is 2.26. The van der Waals surface area contributed by atoms with Gasteiger partial charge < -0.3 is 19.5 Å². The quantitative estimate of drug-likeness (QED) is 0.414. The average Bonchev–Trinajstić information content (AvgIpc) is 2.71. The van der Waals surface area contributed by atoms with Crippen molar-refractivity contribution in [1.82, 2.24) is 0 Å². The van der Waals surface area contributed by atoms with E-state index in [1.807, 2.05) is 0 Å². The molecule has 0 fully saturated rings. The van der Waals surface area contributed by atoms with E-state index in [4.69, 9.17) is 4.84 Å². The molecule has 0 saturated heterocycles. The Morgan fingerprint density at radius 1 is 1.10 bits per heavy atom. The summed E-state index contributed by atoms with van der Waals surface area (Å²) >= 11 is 0. The molecule has 0 aromatic heterocycles. The van der Waals surface area contributed by atoms with Crippen LogP contribution in [-0.4, -0.2) is 36.7 Å². The highest BCUT2D eigenvalue weighted by atomic mass is 19.4. The molecular weight excluding hydrogens is 405 g/mol. The van der Waals surface area contributed by atoms with E-state index in [0.717, 1.165) is 12.1 Å². The summed E-state index contributed by atoms with van der Waals surface area (Å²) in [5, 5.41) is 17.2. The largest absolute Gasteiger partial charge is 0.508 e. The summed E-state index contributed by atoms with van der Waals surface area (Å²) in [6, 6.07) is 8.75. The van der Waals surface area contributed by atoms with E-state index >= 15 is 0 Å². The zero-order valence-electron chi connectivity index (χ0n) is 16.4. The number of methoxy groups -OCH3 is 1. The molecule has 0 aliphatic heterocycles. The van der Waals surface area contributed by atoms with Crippen LogP contribution in [-0.2, 0) is 32.0 Å². The van der Waals surface area contributed by atoms with Gasteiger partial charge in [0.2, 0.25) is 0 Å². The molecule has 0 saturated carbocycles. The number of hydrogen-bond acceptors (Lipinski definition) is 7. The molecule has 0 aliphatic carbocycles. The van der Waals surface area contributed by atoms with Crippen LogP contribution in [0.5, 0.6) is 5.75 Å². The number of halogens is 3. The van der Waals surface area contributed by atoms with E-state index in [2.05, 4.69) is 19.9 Å². The summed E-state index contributed by atoms with van der Waals surface area (Å²) in [6.07, 6.45) is -4.47. The highest BCUT2D eigenvalue weighted by Crippen LogP contribution is 2.29. The van der Waals surface area contributed by atoms with E-state index in [0.29, 0.717) is 5.56 Å². The minimum Gasteiger partial charge on any atom is -0.508 e. The van der Waals surface area contributed by atoms with Crippen LogP contribution < -0.4 is 0 Å². The standard InChI is InChI=1S/C20H19F3N2O5/c1-12(13-5-4-6-15(9-13)20(21,22)23)24-30-11-14-10-16(26)7-8-17(14)18(25-29-3)19(27)28-2/h4-10,26H,11H2,1-3H3/b24-12+,25-18+. The Hall–Kier alpha value is -3.56. The maximum atomic E-state index is 12.9. The molecule has 7 nitrogen and oxygen atoms in total. The summed E-state index contributed by atoms with van der Waals surface area (Å²) < 4.78 is 43.3. The van der Waals surface area contributed by atoms with Crippen LogP contribution in [0.2, 0.25) is 0 Å². The van der Waals surface area contributed by atoms with E-state index in [1.54, 1.807) is 0 Å². The number of carbonyl (C=O) groups excluding carboxylic acids is 1. The second-order valence-corrected chi connectivity index (χ2v) is 5.98. The summed E-state index contributed by atoms with van der Waals surface area (Å²) in [4.78, 5) is 21.9. The molecule has 160 valence electrons. The van der Waals surface area contributed by atoms with Gasteiger partial charge >= 0.3 is 12.1 Å². The van der Waals surface area contributed by atoms with Crippen molar-refractivity contribution in [3.63, 3.8) is 0 Å². The lowest BCUT2D eigenvalue weighted by molar-refractivity contribution is -0.137. The normalized spacial score (nSPS) is 12.5. The maximum Gasteiger partial charge on any atom is 0.416 e. The Bertz CT molecular complexity index is 971. The van der Waals surface area contributed by atoms with Gasteiger partial charge in [0.25, 0.3) is 0 Å². The van der Waals surface area contributed by atoms with Crippen LogP contribution in [0.15, 0.2) is 52.8 Å². The Morgan fingerprint density at radius 2 is 1.83 bits per heavy atom. The first-order valence-electron chi connectivity index (χ1n) is 8.53. The zero-order chi connectivity index (χ0) is 22.3. The van der Waals surface area contributed by atoms with Gasteiger partial charge in [0.15, 0.2) is 5.71 Å². The Morgan fingerprint density at radius 3 is 2.47 bits per heavy atom. The van der Waals surface area contributed by atoms with Crippen molar-refractivity contribution in [2.24, 2.45) is 10.3 Å². The number of esters is 1. The topological polar surface area (TPSA) is 89.7 Å². The van der Waals surface area contributed by atoms with Gasteiger partial charge in [-0.25, -0.2) is 4.79 Å². The molecule has 2 aromatic rings. The second-order valence-electron chi connectivity index (χ2n) is 5.98. The number of phenolic OH excluding ortho intramolecular Hbond substituents is 1. The number of phenols is 1. The molecule has 0 bridgehead atoms. The van der Waals surface area contributed by atoms with Crippen LogP contribution in [0.4, 0.5) is 13.2 Å². The molecule has 0 unspecified atom stereocenters. The number of benzene rings is 2. The van der Waals surface area contributed by atoms with Crippen molar-refractivity contribution < 1.29 is 37.5 Å². The highest BCUT2D eigenvalue weighted by Gasteiger charge is 2.30. The monoisotopic (exact) mass is 424 g/mol. The van der Waals surface area contributed by atoms with Gasteiger partial charge in [-0.1, -0.05) is 22.4 Å². The molecule has 2 rings (SSSR count). The van der Waals surface area contributed by atoms with Gasteiger partial charge in [-0.05, 0) is 42.8 Å². The SMILES string of the molecule is CO/N=C(/C(=O)OC)c1ccc(O)cc1CO/N=C(\C)c1cccc(C(F)(F)F)c1. The van der Waals surface area contributed by atoms with Gasteiger partial charge in [0.05, 0.1) is 18.4 Å². The fraction of sp³-hybridized carbons (Fsp3) is 0.250. The van der Waals surface area contributed by atoms with Gasteiger partial charge in [-0.2, -0.15) is 13.2 Å². The minimum absolute atomic E-state index is 0.0995. The molecule has 10 heteroatoms. The number of carbonyl (C=O) groups is 1. The molecular formula is C20H19F3N2O5. The van der Waals surface area contributed by atoms with Gasteiger partial charge in [-0.3, -0.25) is 0 Å². The number of nitrogens with zero attached hydrogens (tertiary/aromatic N) is 2. The van der Waals surface area contributed by atoms with Crippen molar-refractivity contribution in [2.75, 3.05) is 14.2 Å². The van der Waals surface area contributed by atoms with Crippen LogP contribution in [0, 0.1) is 0 Å². The van der Waals surface area contributed by atoms with Gasteiger partial charge in [-0.15, -0.1) is 0 Å². The molecule has 0 heterocycles. The van der Waals surface area contributed by atoms with E-state index in [-0.39, 0.29) is 34.9 Å². The van der Waals surface area contributed by atoms with E-state index in [9.17, 15) is 23.1 Å². The van der Waals surface area contributed by atoms with Crippen LogP contribution in [0.25, 0.3) is 0 Å². The Labute approximate surface area is 170 Å². The van der Waals surface area contributed by atoms with Gasteiger partial charge in [0, 0.05) is 11.1 Å². The van der Waals surface area contributed by atoms with Crippen molar-refractivity contribution >= 4 is 17.4 Å². The first-order valence-corrected chi connectivity index (χ1v) is 8.53. The van der Waals surface area contributed by atoms with E-state index in [1.165, 1.54) is 51.5 Å². The molecule has 0 spiro atoms. The van der Waals surface area contributed by atoms with Crippen LogP contribution in [0.1, 0.15) is 29.2 Å². The number of ether oxygens (including phenoxy) is 1. The van der Waals surface area contributed by atoms with Crippen molar-refractivity contribution in [3.05, 3.63) is 64.7 Å². The lowest BCUT2D eigenvalue weighted by atomic mass is 10.0. The predicted octanol–water partition coefficient (Wildman–Crippen LogP) is 3.88. The molecule has 0 aliphatic rings. The third-order valence-corrected chi connectivity index (χ3v) is 3.93. The molecule has 0 amide bonds. The molecule has 0 radical (unpaired) electrons. The fourth-order valence-electron chi connectivity index (χ4n) is 2.49. The smallest absolute Gasteiger partial charge is 0.416 e. The average molecular weight is 424 g/mol.